The number of benzene rings is 1. The van der Waals surface area contributed by atoms with E-state index in [1.165, 1.54) is 16.9 Å². The van der Waals surface area contributed by atoms with Crippen LogP contribution in [0, 0.1) is 12.8 Å². The summed E-state index contributed by atoms with van der Waals surface area (Å²) in [6.45, 7) is 4.94. The van der Waals surface area contributed by atoms with Crippen LogP contribution < -0.4 is 15.1 Å². The molecule has 0 saturated carbocycles. The maximum atomic E-state index is 12.6. The molecule has 0 radical (unpaired) electrons. The number of carbonyl (C=O) groups excluding carboxylic acids is 2. The Bertz CT molecular complexity index is 875. The van der Waals surface area contributed by atoms with E-state index in [0.29, 0.717) is 18.1 Å². The van der Waals surface area contributed by atoms with Gasteiger partial charge in [-0.3, -0.25) is 14.5 Å². The molecule has 8 heteroatoms. The molecule has 0 bridgehead atoms. The highest BCUT2D eigenvalue weighted by Gasteiger charge is 2.28. The van der Waals surface area contributed by atoms with E-state index in [-0.39, 0.29) is 17.7 Å². The summed E-state index contributed by atoms with van der Waals surface area (Å²) in [7, 11) is 0. The van der Waals surface area contributed by atoms with E-state index in [1.807, 2.05) is 12.1 Å². The van der Waals surface area contributed by atoms with Crippen molar-refractivity contribution in [2.24, 2.45) is 5.92 Å². The lowest BCUT2D eigenvalue weighted by Gasteiger charge is -2.30. The van der Waals surface area contributed by atoms with E-state index in [2.05, 4.69) is 39.5 Å². The highest BCUT2D eigenvalue weighted by atomic mass is 32.1. The van der Waals surface area contributed by atoms with Crippen LogP contribution in [0.15, 0.2) is 24.3 Å². The number of nitrogens with zero attached hydrogens (tertiary/aromatic N) is 4. The summed E-state index contributed by atoms with van der Waals surface area (Å²) in [5.41, 5.74) is 2.36. The first-order chi connectivity index (χ1) is 14.1. The average Bonchev–Trinajstić information content (AvgIpc) is 3.23. The quantitative estimate of drug-likeness (QED) is 0.815. The monoisotopic (exact) mass is 413 g/mol. The van der Waals surface area contributed by atoms with Gasteiger partial charge >= 0.3 is 0 Å². The van der Waals surface area contributed by atoms with Crippen LogP contribution in [-0.2, 0) is 16.1 Å². The van der Waals surface area contributed by atoms with Gasteiger partial charge in [0.25, 0.3) is 0 Å². The first-order valence-corrected chi connectivity index (χ1v) is 11.1. The summed E-state index contributed by atoms with van der Waals surface area (Å²) in [6.07, 6.45) is 4.18. The molecule has 7 nitrogen and oxygen atoms in total. The van der Waals surface area contributed by atoms with Gasteiger partial charge in [-0.15, -0.1) is 10.2 Å². The van der Waals surface area contributed by atoms with Crippen molar-refractivity contribution in [2.45, 2.75) is 45.6 Å². The Morgan fingerprint density at radius 1 is 1.14 bits per heavy atom. The standard InChI is InChI=1S/C21H27N5O2S/c1-15-6-2-3-7-17(15)14-22-19(28)16-9-12-25(13-10-16)20-23-24-21(29-20)26-11-5-4-8-18(26)27/h2-3,6-7,16H,4-5,8-14H2,1H3,(H,22,28). The van der Waals surface area contributed by atoms with Crippen molar-refractivity contribution in [3.05, 3.63) is 35.4 Å². The molecule has 2 saturated heterocycles. The van der Waals surface area contributed by atoms with Crippen molar-refractivity contribution >= 4 is 33.4 Å². The van der Waals surface area contributed by atoms with Crippen molar-refractivity contribution in [1.29, 1.82) is 0 Å². The summed E-state index contributed by atoms with van der Waals surface area (Å²) in [6, 6.07) is 8.13. The molecule has 0 spiro atoms. The van der Waals surface area contributed by atoms with Gasteiger partial charge in [0.05, 0.1) is 0 Å². The molecule has 1 N–H and O–H groups in total. The maximum Gasteiger partial charge on any atom is 0.228 e. The zero-order valence-corrected chi connectivity index (χ0v) is 17.6. The van der Waals surface area contributed by atoms with Gasteiger partial charge in [0.1, 0.15) is 0 Å². The summed E-state index contributed by atoms with van der Waals surface area (Å²) in [5.74, 6) is 0.305. The Labute approximate surface area is 175 Å². The normalized spacial score (nSPS) is 18.2. The van der Waals surface area contributed by atoms with Gasteiger partial charge in [0, 0.05) is 38.5 Å². The third-order valence-corrected chi connectivity index (χ3v) is 6.82. The van der Waals surface area contributed by atoms with Gasteiger partial charge < -0.3 is 10.2 Å². The molecule has 154 valence electrons. The Hall–Kier alpha value is -2.48. The third-order valence-electron chi connectivity index (χ3n) is 5.81. The number of carbonyl (C=O) groups is 2. The van der Waals surface area contributed by atoms with Crippen LogP contribution in [0.1, 0.15) is 43.2 Å². The zero-order valence-electron chi connectivity index (χ0n) is 16.8. The Morgan fingerprint density at radius 2 is 1.90 bits per heavy atom. The van der Waals surface area contributed by atoms with E-state index in [0.717, 1.165) is 56.0 Å². The highest BCUT2D eigenvalue weighted by Crippen LogP contribution is 2.31. The number of hydrogen-bond acceptors (Lipinski definition) is 6. The van der Waals surface area contributed by atoms with Crippen LogP contribution in [0.2, 0.25) is 0 Å². The van der Waals surface area contributed by atoms with E-state index in [1.54, 1.807) is 4.90 Å². The first-order valence-electron chi connectivity index (χ1n) is 10.3. The number of anilines is 2. The summed E-state index contributed by atoms with van der Waals surface area (Å²) < 4.78 is 0. The number of rotatable bonds is 5. The number of piperidine rings is 2. The molecular weight excluding hydrogens is 386 g/mol. The lowest BCUT2D eigenvalue weighted by molar-refractivity contribution is -0.125. The summed E-state index contributed by atoms with van der Waals surface area (Å²) in [5, 5.41) is 13.2. The lowest BCUT2D eigenvalue weighted by Crippen LogP contribution is -2.40. The van der Waals surface area contributed by atoms with Crippen molar-refractivity contribution in [3.63, 3.8) is 0 Å². The lowest BCUT2D eigenvalue weighted by atomic mass is 9.96. The zero-order chi connectivity index (χ0) is 20.2. The van der Waals surface area contributed by atoms with E-state index in [9.17, 15) is 9.59 Å². The van der Waals surface area contributed by atoms with Gasteiger partial charge in [-0.05, 0) is 43.7 Å². The van der Waals surface area contributed by atoms with Crippen molar-refractivity contribution in [3.8, 4) is 0 Å². The molecule has 0 aliphatic carbocycles. The fourth-order valence-electron chi connectivity index (χ4n) is 3.92. The topological polar surface area (TPSA) is 78.4 Å². The smallest absolute Gasteiger partial charge is 0.228 e. The van der Waals surface area contributed by atoms with Gasteiger partial charge in [-0.2, -0.15) is 0 Å². The van der Waals surface area contributed by atoms with Gasteiger partial charge in [-0.1, -0.05) is 35.6 Å². The predicted octanol–water partition coefficient (Wildman–Crippen LogP) is 2.90. The molecule has 2 fully saturated rings. The Kier molecular flexibility index (Phi) is 6.08. The number of hydrogen-bond donors (Lipinski definition) is 1. The van der Waals surface area contributed by atoms with E-state index < -0.39 is 0 Å². The van der Waals surface area contributed by atoms with Gasteiger partial charge in [0.2, 0.25) is 22.1 Å². The molecule has 2 aliphatic rings. The molecule has 1 aromatic carbocycles. The van der Waals surface area contributed by atoms with Crippen molar-refractivity contribution < 1.29 is 9.59 Å². The molecule has 4 rings (SSSR count). The molecule has 2 aliphatic heterocycles. The third kappa shape index (κ3) is 4.58. The second-order valence-corrected chi connectivity index (χ2v) is 8.71. The number of nitrogens with one attached hydrogen (secondary N) is 1. The summed E-state index contributed by atoms with van der Waals surface area (Å²) >= 11 is 1.48. The molecular formula is C21H27N5O2S. The fraction of sp³-hybridized carbons (Fsp3) is 0.524. The molecule has 29 heavy (non-hydrogen) atoms. The SMILES string of the molecule is Cc1ccccc1CNC(=O)C1CCN(c2nnc(N3CCCCC3=O)s2)CC1. The van der Waals surface area contributed by atoms with Crippen molar-refractivity contribution in [2.75, 3.05) is 29.4 Å². The van der Waals surface area contributed by atoms with Crippen LogP contribution in [0.3, 0.4) is 0 Å². The van der Waals surface area contributed by atoms with Gasteiger partial charge in [0.15, 0.2) is 0 Å². The molecule has 0 unspecified atom stereocenters. The highest BCUT2D eigenvalue weighted by molar-refractivity contribution is 7.19. The maximum absolute atomic E-state index is 12.6. The second-order valence-electron chi connectivity index (χ2n) is 7.78. The van der Waals surface area contributed by atoms with E-state index >= 15 is 0 Å². The minimum Gasteiger partial charge on any atom is -0.352 e. The van der Waals surface area contributed by atoms with E-state index in [4.69, 9.17) is 0 Å². The van der Waals surface area contributed by atoms with Gasteiger partial charge in [-0.25, -0.2) is 0 Å². The molecule has 2 aromatic rings. The van der Waals surface area contributed by atoms with Crippen LogP contribution in [0.5, 0.6) is 0 Å². The average molecular weight is 414 g/mol. The number of aromatic nitrogens is 2. The van der Waals surface area contributed by atoms with Crippen LogP contribution in [-0.4, -0.2) is 41.6 Å². The Balaban J connectivity index is 1.29. The summed E-state index contributed by atoms with van der Waals surface area (Å²) in [4.78, 5) is 28.6. The fourth-order valence-corrected chi connectivity index (χ4v) is 4.86. The molecule has 3 heterocycles. The first kappa shape index (κ1) is 19.8. The minimum absolute atomic E-state index is 0.0336. The van der Waals surface area contributed by atoms with Crippen molar-refractivity contribution in [1.82, 2.24) is 15.5 Å². The predicted molar refractivity (Wildman–Crippen MR) is 114 cm³/mol. The molecule has 2 amide bonds. The van der Waals surface area contributed by atoms with Crippen LogP contribution in [0.25, 0.3) is 0 Å². The number of aryl methyl sites for hydroxylation is 1. The van der Waals surface area contributed by atoms with Crippen LogP contribution in [0.4, 0.5) is 10.3 Å². The second kappa shape index (κ2) is 8.90. The number of amides is 2. The van der Waals surface area contributed by atoms with Crippen LogP contribution >= 0.6 is 11.3 Å². The molecule has 1 aromatic heterocycles. The minimum atomic E-state index is 0.0336. The Morgan fingerprint density at radius 3 is 2.66 bits per heavy atom. The molecule has 0 atom stereocenters. The largest absolute Gasteiger partial charge is 0.352 e.